The molecule has 134 valence electrons. The topological polar surface area (TPSA) is 19.0 Å². The van der Waals surface area contributed by atoms with E-state index in [2.05, 4.69) is 70.7 Å². The second-order valence-electron chi connectivity index (χ2n) is 8.15. The van der Waals surface area contributed by atoms with Crippen LogP contribution in [0.3, 0.4) is 0 Å². The summed E-state index contributed by atoms with van der Waals surface area (Å²) >= 11 is 0. The highest BCUT2D eigenvalue weighted by Crippen LogP contribution is 2.44. The zero-order valence-electron chi connectivity index (χ0n) is 15.4. The Morgan fingerprint density at radius 3 is 2.62 bits per heavy atom. The molecule has 0 radical (unpaired) electrons. The van der Waals surface area contributed by atoms with Gasteiger partial charge in [0.1, 0.15) is 0 Å². The van der Waals surface area contributed by atoms with Gasteiger partial charge in [0.25, 0.3) is 0 Å². The van der Waals surface area contributed by atoms with E-state index in [1.807, 2.05) is 0 Å². The van der Waals surface area contributed by atoms with Crippen molar-refractivity contribution in [1.29, 1.82) is 0 Å². The lowest BCUT2D eigenvalue weighted by atomic mass is 9.69. The van der Waals surface area contributed by atoms with Crippen molar-refractivity contribution in [1.82, 2.24) is 9.88 Å². The summed E-state index contributed by atoms with van der Waals surface area (Å²) in [4.78, 5) is 6.25. The minimum Gasteiger partial charge on any atom is -0.361 e. The van der Waals surface area contributed by atoms with Gasteiger partial charge in [0.15, 0.2) is 0 Å². The highest BCUT2D eigenvalue weighted by atomic mass is 15.2. The summed E-state index contributed by atoms with van der Waals surface area (Å²) in [6, 6.07) is 20.7. The molecule has 1 N–H and O–H groups in total. The number of aromatic nitrogens is 1. The third-order valence-electron chi connectivity index (χ3n) is 6.77. The van der Waals surface area contributed by atoms with Gasteiger partial charge in [-0.3, -0.25) is 4.90 Å². The third-order valence-corrected chi connectivity index (χ3v) is 6.77. The molecule has 0 amide bonds. The van der Waals surface area contributed by atoms with Gasteiger partial charge in [-0.1, -0.05) is 61.4 Å². The van der Waals surface area contributed by atoms with Gasteiger partial charge in [-0.2, -0.15) is 0 Å². The van der Waals surface area contributed by atoms with Gasteiger partial charge >= 0.3 is 0 Å². The first-order valence-electron chi connectivity index (χ1n) is 10.2. The van der Waals surface area contributed by atoms with Crippen molar-refractivity contribution in [2.75, 3.05) is 6.54 Å². The predicted octanol–water partition coefficient (Wildman–Crippen LogP) is 5.72. The Morgan fingerprint density at radius 1 is 0.885 bits per heavy atom. The number of hydrogen-bond acceptors (Lipinski definition) is 1. The van der Waals surface area contributed by atoms with E-state index in [1.165, 1.54) is 55.1 Å². The van der Waals surface area contributed by atoms with Gasteiger partial charge in [0, 0.05) is 29.7 Å². The first-order valence-corrected chi connectivity index (χ1v) is 10.2. The average molecular weight is 345 g/mol. The summed E-state index contributed by atoms with van der Waals surface area (Å²) in [6.07, 6.45) is 9.10. The monoisotopic (exact) mass is 344 g/mol. The molecular formula is C24H28N2. The number of piperidine rings is 1. The van der Waals surface area contributed by atoms with Crippen LogP contribution in [0.4, 0.5) is 0 Å². The molecule has 1 saturated carbocycles. The summed E-state index contributed by atoms with van der Waals surface area (Å²) in [5.41, 5.74) is 4.29. The molecule has 1 aromatic heterocycles. The Hall–Kier alpha value is -2.06. The molecule has 0 unspecified atom stereocenters. The third kappa shape index (κ3) is 2.87. The molecular weight excluding hydrogens is 316 g/mol. The molecule has 3 atom stereocenters. The van der Waals surface area contributed by atoms with Crippen molar-refractivity contribution < 1.29 is 0 Å². The maximum absolute atomic E-state index is 3.46. The van der Waals surface area contributed by atoms with E-state index in [0.717, 1.165) is 24.4 Å². The number of nitrogens with zero attached hydrogens (tertiary/aromatic N) is 1. The Labute approximate surface area is 156 Å². The number of benzene rings is 2. The van der Waals surface area contributed by atoms with Gasteiger partial charge in [-0.25, -0.2) is 0 Å². The lowest BCUT2D eigenvalue weighted by Gasteiger charge is -2.48. The molecule has 0 spiro atoms. The summed E-state index contributed by atoms with van der Waals surface area (Å²) in [5.74, 6) is 1.57. The van der Waals surface area contributed by atoms with Gasteiger partial charge in [0.05, 0.1) is 0 Å². The number of para-hydroxylation sites is 1. The highest BCUT2D eigenvalue weighted by Gasteiger charge is 2.39. The van der Waals surface area contributed by atoms with E-state index in [1.54, 1.807) is 5.56 Å². The summed E-state index contributed by atoms with van der Waals surface area (Å²) in [7, 11) is 0. The highest BCUT2D eigenvalue weighted by molar-refractivity contribution is 5.82. The van der Waals surface area contributed by atoms with E-state index >= 15 is 0 Å². The van der Waals surface area contributed by atoms with Crippen molar-refractivity contribution >= 4 is 10.9 Å². The Bertz CT molecular complexity index is 866. The van der Waals surface area contributed by atoms with Crippen LogP contribution in [0, 0.1) is 5.92 Å². The molecule has 2 nitrogen and oxygen atoms in total. The largest absolute Gasteiger partial charge is 0.361 e. The fourth-order valence-corrected chi connectivity index (χ4v) is 5.54. The average Bonchev–Trinajstić information content (AvgIpc) is 3.12. The van der Waals surface area contributed by atoms with Crippen molar-refractivity contribution in [3.63, 3.8) is 0 Å². The lowest BCUT2D eigenvalue weighted by molar-refractivity contribution is 0.0392. The standard InChI is InChI=1S/C24H28N2/c1-2-8-18(9-3-1)20-14-15-26(24-13-7-5-11-22(20)24)17-19-16-25-23-12-6-4-10-21(19)23/h1-4,6,8-10,12,16,20,22,24-25H,5,7,11,13-15,17H2/t20-,22-,24-/m1/s1. The first-order chi connectivity index (χ1) is 12.9. The molecule has 1 saturated heterocycles. The van der Waals surface area contributed by atoms with Crippen molar-refractivity contribution in [3.05, 3.63) is 71.9 Å². The molecule has 5 rings (SSSR count). The van der Waals surface area contributed by atoms with E-state index in [0.29, 0.717) is 0 Å². The van der Waals surface area contributed by atoms with Crippen LogP contribution in [-0.4, -0.2) is 22.5 Å². The predicted molar refractivity (Wildman–Crippen MR) is 108 cm³/mol. The number of H-pyrrole nitrogens is 1. The second-order valence-corrected chi connectivity index (χ2v) is 8.15. The van der Waals surface area contributed by atoms with Gasteiger partial charge in [-0.05, 0) is 54.8 Å². The lowest BCUT2D eigenvalue weighted by Crippen LogP contribution is -2.49. The maximum atomic E-state index is 3.46. The molecule has 3 aromatic rings. The normalized spacial score (nSPS) is 26.7. The van der Waals surface area contributed by atoms with Crippen LogP contribution in [0.1, 0.15) is 49.1 Å². The van der Waals surface area contributed by atoms with E-state index in [4.69, 9.17) is 0 Å². The molecule has 2 heterocycles. The molecule has 2 fully saturated rings. The van der Waals surface area contributed by atoms with E-state index < -0.39 is 0 Å². The van der Waals surface area contributed by atoms with E-state index in [-0.39, 0.29) is 0 Å². The first kappa shape index (κ1) is 16.1. The molecule has 2 aliphatic rings. The van der Waals surface area contributed by atoms with Crippen molar-refractivity contribution in [2.24, 2.45) is 5.92 Å². The minimum absolute atomic E-state index is 0.747. The van der Waals surface area contributed by atoms with Crippen molar-refractivity contribution in [3.8, 4) is 0 Å². The summed E-state index contributed by atoms with van der Waals surface area (Å²) < 4.78 is 0. The quantitative estimate of drug-likeness (QED) is 0.644. The fraction of sp³-hybridized carbons (Fsp3) is 0.417. The number of fused-ring (bicyclic) bond motifs is 2. The Balaban J connectivity index is 1.41. The number of rotatable bonds is 3. The summed E-state index contributed by atoms with van der Waals surface area (Å²) in [6.45, 7) is 2.31. The van der Waals surface area contributed by atoms with Crippen LogP contribution in [0.2, 0.25) is 0 Å². The number of likely N-dealkylation sites (tertiary alicyclic amines) is 1. The van der Waals surface area contributed by atoms with Crippen molar-refractivity contribution in [2.45, 2.75) is 50.6 Å². The molecule has 26 heavy (non-hydrogen) atoms. The molecule has 1 aliphatic carbocycles. The van der Waals surface area contributed by atoms with Gasteiger partial charge in [0.2, 0.25) is 0 Å². The Morgan fingerprint density at radius 2 is 1.69 bits per heavy atom. The van der Waals surface area contributed by atoms with Gasteiger partial charge < -0.3 is 4.98 Å². The minimum atomic E-state index is 0.747. The second kappa shape index (κ2) is 6.92. The maximum Gasteiger partial charge on any atom is 0.0457 e. The number of hydrogen-bond donors (Lipinski definition) is 1. The zero-order valence-corrected chi connectivity index (χ0v) is 15.4. The van der Waals surface area contributed by atoms with Crippen LogP contribution in [-0.2, 0) is 6.54 Å². The molecule has 2 aromatic carbocycles. The fourth-order valence-electron chi connectivity index (χ4n) is 5.54. The molecule has 1 aliphatic heterocycles. The smallest absolute Gasteiger partial charge is 0.0457 e. The van der Waals surface area contributed by atoms with E-state index in [9.17, 15) is 0 Å². The van der Waals surface area contributed by atoms with Gasteiger partial charge in [-0.15, -0.1) is 0 Å². The Kier molecular flexibility index (Phi) is 4.30. The van der Waals surface area contributed by atoms with Crippen LogP contribution in [0.25, 0.3) is 10.9 Å². The molecule has 2 heteroatoms. The van der Waals surface area contributed by atoms with Crippen LogP contribution in [0.15, 0.2) is 60.8 Å². The van der Waals surface area contributed by atoms with Crippen LogP contribution < -0.4 is 0 Å². The zero-order chi connectivity index (χ0) is 17.3. The number of nitrogens with one attached hydrogen (secondary N) is 1. The van der Waals surface area contributed by atoms with Crippen LogP contribution in [0.5, 0.6) is 0 Å². The van der Waals surface area contributed by atoms with Crippen LogP contribution >= 0.6 is 0 Å². The summed E-state index contributed by atoms with van der Waals surface area (Å²) in [5, 5.41) is 1.39. The SMILES string of the molecule is c1ccc([C@H]2CCN(Cc3c[nH]c4ccccc34)[C@@H]3CCCC[C@H]23)cc1. The molecule has 0 bridgehead atoms. The number of aromatic amines is 1.